The number of hydrogen-bond donors (Lipinski definition) is 0. The molecule has 3 aromatic carbocycles. The van der Waals surface area contributed by atoms with Gasteiger partial charge in [0.15, 0.2) is 5.78 Å². The minimum atomic E-state index is 0.121. The Hall–Kier alpha value is -3.26. The number of rotatable bonds is 4. The number of Topliss-reactive ketones (excluding diaryl/α,β-unsaturated/α-hetero) is 1. The topological polar surface area (TPSA) is 34.1 Å². The maximum Gasteiger partial charge on any atom is 0.159 e. The average molecular weight is 344 g/mol. The fourth-order valence-electron chi connectivity index (χ4n) is 1.97. The summed E-state index contributed by atoms with van der Waals surface area (Å²) in [7, 11) is 0. The minimum Gasteiger partial charge on any atom is -0.303 e. The van der Waals surface area contributed by atoms with Gasteiger partial charge in [-0.2, -0.15) is 0 Å². The van der Waals surface area contributed by atoms with Gasteiger partial charge in [-0.25, -0.2) is 0 Å². The van der Waals surface area contributed by atoms with E-state index in [0.717, 1.165) is 17.4 Å². The second-order valence-corrected chi connectivity index (χ2v) is 5.39. The number of hydrogen-bond acceptors (Lipinski definition) is 2. The second-order valence-electron chi connectivity index (χ2n) is 5.39. The summed E-state index contributed by atoms with van der Waals surface area (Å²) in [6.45, 7) is 5.20. The van der Waals surface area contributed by atoms with E-state index in [4.69, 9.17) is 0 Å². The highest BCUT2D eigenvalue weighted by Gasteiger charge is 1.92. The Bertz CT molecular complexity index is 763. The Balaban J connectivity index is 0.000000195. The molecule has 0 aliphatic carbocycles. The Morgan fingerprint density at radius 3 is 1.62 bits per heavy atom. The molecule has 132 valence electrons. The van der Waals surface area contributed by atoms with E-state index in [9.17, 15) is 9.59 Å². The zero-order valence-corrected chi connectivity index (χ0v) is 15.0. The van der Waals surface area contributed by atoms with Crippen LogP contribution in [0.25, 0.3) is 6.08 Å². The highest BCUT2D eigenvalue weighted by Crippen LogP contribution is 1.98. The van der Waals surface area contributed by atoms with E-state index in [1.54, 1.807) is 6.92 Å². The number of benzene rings is 3. The predicted octanol–water partition coefficient (Wildman–Crippen LogP) is 5.65. The van der Waals surface area contributed by atoms with Crippen molar-refractivity contribution in [2.75, 3.05) is 0 Å². The van der Waals surface area contributed by atoms with Crippen molar-refractivity contribution in [3.05, 3.63) is 114 Å². The van der Waals surface area contributed by atoms with Crippen molar-refractivity contribution in [3.63, 3.8) is 0 Å². The highest BCUT2D eigenvalue weighted by atomic mass is 16.1. The van der Waals surface area contributed by atoms with Crippen molar-refractivity contribution in [1.82, 2.24) is 0 Å². The van der Waals surface area contributed by atoms with Crippen LogP contribution in [0.15, 0.2) is 97.6 Å². The van der Waals surface area contributed by atoms with Gasteiger partial charge < -0.3 is 4.79 Å². The monoisotopic (exact) mass is 344 g/mol. The van der Waals surface area contributed by atoms with Crippen LogP contribution in [0, 0.1) is 0 Å². The van der Waals surface area contributed by atoms with E-state index in [2.05, 4.69) is 6.58 Å². The Labute approximate surface area is 155 Å². The molecular weight excluding hydrogens is 320 g/mol. The third-order valence-electron chi connectivity index (χ3n) is 3.38. The van der Waals surface area contributed by atoms with Crippen LogP contribution in [0.3, 0.4) is 0 Å². The molecule has 2 heteroatoms. The Kier molecular flexibility index (Phi) is 10.5. The molecule has 0 unspecified atom stereocenters. The second kappa shape index (κ2) is 13.1. The van der Waals surface area contributed by atoms with Crippen molar-refractivity contribution in [2.45, 2.75) is 13.3 Å². The molecule has 3 aromatic rings. The van der Waals surface area contributed by atoms with Crippen LogP contribution in [0.2, 0.25) is 0 Å². The van der Waals surface area contributed by atoms with Gasteiger partial charge in [0.05, 0.1) is 0 Å². The van der Waals surface area contributed by atoms with Gasteiger partial charge in [-0.3, -0.25) is 4.79 Å². The SMILES string of the molecule is C=Cc1ccccc1.CC(=O)c1ccccc1.O=CCc1ccccc1. The van der Waals surface area contributed by atoms with E-state index in [1.807, 2.05) is 97.1 Å². The molecule has 0 radical (unpaired) electrons. The summed E-state index contributed by atoms with van der Waals surface area (Å²) in [6, 6.07) is 28.9. The molecule has 0 aliphatic rings. The minimum absolute atomic E-state index is 0.121. The van der Waals surface area contributed by atoms with Crippen molar-refractivity contribution >= 4 is 18.1 Å². The Morgan fingerprint density at radius 2 is 1.27 bits per heavy atom. The van der Waals surface area contributed by atoms with E-state index in [1.165, 1.54) is 5.56 Å². The molecule has 26 heavy (non-hydrogen) atoms. The number of aldehydes is 1. The standard InChI is InChI=1S/2C8H8O.C8H8/c1-7(9)8-5-3-2-4-6-8;9-7-6-8-4-2-1-3-5-8;1-2-8-6-4-3-5-7-8/h2-6H,1H3;1-5,7H,6H2;2-7H,1H2. The van der Waals surface area contributed by atoms with Gasteiger partial charge in [-0.15, -0.1) is 0 Å². The normalized spacial score (nSPS) is 8.81. The van der Waals surface area contributed by atoms with Crippen LogP contribution >= 0.6 is 0 Å². The van der Waals surface area contributed by atoms with Gasteiger partial charge in [-0.1, -0.05) is 104 Å². The lowest BCUT2D eigenvalue weighted by atomic mass is 10.2. The van der Waals surface area contributed by atoms with Crippen LogP contribution < -0.4 is 0 Å². The first-order chi connectivity index (χ1) is 12.7. The molecule has 0 amide bonds. The van der Waals surface area contributed by atoms with Gasteiger partial charge in [0.25, 0.3) is 0 Å². The molecule has 0 atom stereocenters. The van der Waals surface area contributed by atoms with E-state index in [-0.39, 0.29) is 5.78 Å². The van der Waals surface area contributed by atoms with Crippen molar-refractivity contribution < 1.29 is 9.59 Å². The smallest absolute Gasteiger partial charge is 0.159 e. The molecule has 2 nitrogen and oxygen atoms in total. The summed E-state index contributed by atoms with van der Waals surface area (Å²) in [6.07, 6.45) is 3.27. The predicted molar refractivity (Wildman–Crippen MR) is 109 cm³/mol. The molecule has 0 spiro atoms. The first-order valence-corrected chi connectivity index (χ1v) is 8.38. The van der Waals surface area contributed by atoms with Crippen LogP contribution in [-0.4, -0.2) is 12.1 Å². The third-order valence-corrected chi connectivity index (χ3v) is 3.38. The summed E-state index contributed by atoms with van der Waals surface area (Å²) >= 11 is 0. The number of carbonyl (C=O) groups is 2. The molecule has 0 saturated carbocycles. The molecule has 0 saturated heterocycles. The lowest BCUT2D eigenvalue weighted by Crippen LogP contribution is -1.88. The van der Waals surface area contributed by atoms with Crippen LogP contribution in [0.1, 0.15) is 28.4 Å². The fraction of sp³-hybridized carbons (Fsp3) is 0.0833. The van der Waals surface area contributed by atoms with Gasteiger partial charge >= 0.3 is 0 Å². The van der Waals surface area contributed by atoms with E-state index in [0.29, 0.717) is 6.42 Å². The molecule has 0 N–H and O–H groups in total. The van der Waals surface area contributed by atoms with Crippen molar-refractivity contribution in [3.8, 4) is 0 Å². The molecule has 3 rings (SSSR count). The molecule has 0 fully saturated rings. The maximum absolute atomic E-state index is 10.6. The lowest BCUT2D eigenvalue weighted by Gasteiger charge is -1.89. The molecule has 0 bridgehead atoms. The van der Waals surface area contributed by atoms with Gasteiger partial charge in [0.1, 0.15) is 6.29 Å². The third kappa shape index (κ3) is 9.14. The summed E-state index contributed by atoms with van der Waals surface area (Å²) < 4.78 is 0. The molecule has 0 aromatic heterocycles. The summed E-state index contributed by atoms with van der Waals surface area (Å²) in [5.41, 5.74) is 3.03. The lowest BCUT2D eigenvalue weighted by molar-refractivity contribution is -0.107. The van der Waals surface area contributed by atoms with Gasteiger partial charge in [-0.05, 0) is 18.1 Å². The zero-order chi connectivity index (χ0) is 19.0. The molecule has 0 aliphatic heterocycles. The average Bonchev–Trinajstić information content (AvgIpc) is 2.71. The van der Waals surface area contributed by atoms with E-state index < -0.39 is 0 Å². The number of ketones is 1. The van der Waals surface area contributed by atoms with Gasteiger partial charge in [0.2, 0.25) is 0 Å². The molecule has 0 heterocycles. The summed E-state index contributed by atoms with van der Waals surface area (Å²) in [5.74, 6) is 0.121. The zero-order valence-electron chi connectivity index (χ0n) is 15.0. The first kappa shape index (κ1) is 20.8. The summed E-state index contributed by atoms with van der Waals surface area (Å²) in [4.78, 5) is 20.6. The quantitative estimate of drug-likeness (QED) is 0.453. The first-order valence-electron chi connectivity index (χ1n) is 8.38. The van der Waals surface area contributed by atoms with Gasteiger partial charge in [0, 0.05) is 12.0 Å². The number of carbonyl (C=O) groups excluding carboxylic acids is 2. The van der Waals surface area contributed by atoms with Crippen LogP contribution in [-0.2, 0) is 11.2 Å². The fourth-order valence-corrected chi connectivity index (χ4v) is 1.97. The van der Waals surface area contributed by atoms with Crippen LogP contribution in [0.5, 0.6) is 0 Å². The van der Waals surface area contributed by atoms with Crippen molar-refractivity contribution in [2.24, 2.45) is 0 Å². The summed E-state index contributed by atoms with van der Waals surface area (Å²) in [5, 5.41) is 0. The Morgan fingerprint density at radius 1 is 0.808 bits per heavy atom. The maximum atomic E-state index is 10.6. The van der Waals surface area contributed by atoms with Crippen LogP contribution in [0.4, 0.5) is 0 Å². The van der Waals surface area contributed by atoms with Crippen molar-refractivity contribution in [1.29, 1.82) is 0 Å². The largest absolute Gasteiger partial charge is 0.303 e. The van der Waals surface area contributed by atoms with E-state index >= 15 is 0 Å². The highest BCUT2D eigenvalue weighted by molar-refractivity contribution is 5.93. The molecular formula is C24H24O2.